The number of rotatable bonds is 4. The molecule has 1 aromatic carbocycles. The van der Waals surface area contributed by atoms with Crippen LogP contribution in [0.1, 0.15) is 10.5 Å². The largest absolute Gasteiger partial charge is 0.695 e. The van der Waals surface area contributed by atoms with E-state index in [4.69, 9.17) is 4.89 Å². The van der Waals surface area contributed by atoms with Crippen molar-refractivity contribution in [1.29, 1.82) is 0 Å². The lowest BCUT2D eigenvalue weighted by molar-refractivity contribution is 0.0912. The molecule has 0 saturated heterocycles. The minimum atomic E-state index is -2.76. The highest BCUT2D eigenvalue weighted by molar-refractivity contribution is 7.32. The molecule has 0 fully saturated rings. The van der Waals surface area contributed by atoms with Crippen molar-refractivity contribution in [2.24, 2.45) is 0 Å². The molecule has 0 spiro atoms. The lowest BCUT2D eigenvalue weighted by Gasteiger charge is -1.99. The second-order valence-electron chi connectivity index (χ2n) is 3.35. The maximum Gasteiger partial charge on any atom is 0.695 e. The normalized spacial score (nSPS) is 11.5. The zero-order valence-electron chi connectivity index (χ0n) is 8.74. The molecule has 5 nitrogen and oxygen atoms in total. The summed E-state index contributed by atoms with van der Waals surface area (Å²) in [5, 5.41) is 1.82. The summed E-state index contributed by atoms with van der Waals surface area (Å²) < 4.78 is 14.6. The first-order chi connectivity index (χ1) is 8.16. The van der Waals surface area contributed by atoms with Crippen molar-refractivity contribution in [2.75, 3.05) is 6.61 Å². The van der Waals surface area contributed by atoms with Gasteiger partial charge < -0.3 is 0 Å². The van der Waals surface area contributed by atoms with E-state index in [1.807, 2.05) is 24.3 Å². The van der Waals surface area contributed by atoms with E-state index in [9.17, 15) is 9.36 Å². The molecular formula is C11H9NO4P+. The third kappa shape index (κ3) is 2.91. The van der Waals surface area contributed by atoms with Crippen LogP contribution < -0.4 is 0 Å². The molecule has 0 aliphatic carbocycles. The molecule has 1 heterocycles. The maximum atomic E-state index is 11.6. The van der Waals surface area contributed by atoms with Gasteiger partial charge in [-0.15, -0.1) is 9.42 Å². The van der Waals surface area contributed by atoms with Crippen LogP contribution in [0.5, 0.6) is 0 Å². The number of pyridine rings is 1. The Morgan fingerprint density at radius 2 is 2.06 bits per heavy atom. The van der Waals surface area contributed by atoms with Gasteiger partial charge in [0.2, 0.25) is 5.78 Å². The fraction of sp³-hybridized carbons (Fsp3) is 0.0909. The summed E-state index contributed by atoms with van der Waals surface area (Å²) >= 11 is 0. The van der Waals surface area contributed by atoms with Crippen LogP contribution in [0, 0.1) is 0 Å². The number of hydrogen-bond acceptors (Lipinski definition) is 4. The van der Waals surface area contributed by atoms with E-state index >= 15 is 0 Å². The first-order valence-corrected chi connectivity index (χ1v) is 5.97. The van der Waals surface area contributed by atoms with Crippen molar-refractivity contribution in [3.05, 3.63) is 42.2 Å². The zero-order chi connectivity index (χ0) is 12.3. The van der Waals surface area contributed by atoms with E-state index < -0.39 is 20.6 Å². The van der Waals surface area contributed by atoms with Gasteiger partial charge in [0.05, 0.1) is 0 Å². The Hall–Kier alpha value is -1.68. The smallest absolute Gasteiger partial charge is 0.290 e. The number of ketones is 1. The molecular weight excluding hydrogens is 241 g/mol. The van der Waals surface area contributed by atoms with Gasteiger partial charge >= 0.3 is 8.25 Å². The topological polar surface area (TPSA) is 76.5 Å². The summed E-state index contributed by atoms with van der Waals surface area (Å²) in [5.41, 5.74) is 0.223. The molecule has 1 unspecified atom stereocenters. The van der Waals surface area contributed by atoms with E-state index in [-0.39, 0.29) is 5.69 Å². The van der Waals surface area contributed by atoms with Crippen LogP contribution in [-0.4, -0.2) is 22.3 Å². The highest BCUT2D eigenvalue weighted by Gasteiger charge is 2.17. The van der Waals surface area contributed by atoms with E-state index in [2.05, 4.69) is 9.51 Å². The van der Waals surface area contributed by atoms with Crippen LogP contribution >= 0.6 is 8.25 Å². The number of aromatic nitrogens is 1. The third-order valence-corrected chi connectivity index (χ3v) is 2.57. The highest BCUT2D eigenvalue weighted by Crippen LogP contribution is 2.16. The van der Waals surface area contributed by atoms with Crippen LogP contribution in [0.15, 0.2) is 36.5 Å². The molecule has 86 valence electrons. The van der Waals surface area contributed by atoms with Crippen LogP contribution in [-0.2, 0) is 9.09 Å². The van der Waals surface area contributed by atoms with E-state index in [0.717, 1.165) is 10.8 Å². The van der Waals surface area contributed by atoms with Crippen LogP contribution in [0.3, 0.4) is 0 Å². The average molecular weight is 250 g/mol. The minimum Gasteiger partial charge on any atom is -0.290 e. The zero-order valence-corrected chi connectivity index (χ0v) is 9.63. The van der Waals surface area contributed by atoms with E-state index in [1.165, 1.54) is 0 Å². The molecule has 1 aromatic heterocycles. The molecule has 2 aromatic rings. The number of carbonyl (C=O) groups is 1. The van der Waals surface area contributed by atoms with Gasteiger partial charge in [-0.1, -0.05) is 24.3 Å². The molecule has 0 aliphatic heterocycles. The fourth-order valence-electron chi connectivity index (χ4n) is 1.42. The number of hydrogen-bond donors (Lipinski definition) is 1. The SMILES string of the molecule is O=C(CO[P+](=O)O)c1cc2ccccc2cn1. The first kappa shape index (κ1) is 11.8. The van der Waals surface area contributed by atoms with Crippen molar-refractivity contribution >= 4 is 24.8 Å². The monoisotopic (exact) mass is 250 g/mol. The van der Waals surface area contributed by atoms with Crippen molar-refractivity contribution in [1.82, 2.24) is 4.98 Å². The van der Waals surface area contributed by atoms with Gasteiger partial charge in [0.25, 0.3) is 0 Å². The van der Waals surface area contributed by atoms with Crippen LogP contribution in [0.4, 0.5) is 0 Å². The molecule has 1 atom stereocenters. The summed E-state index contributed by atoms with van der Waals surface area (Å²) in [6.07, 6.45) is 1.58. The van der Waals surface area contributed by atoms with Crippen LogP contribution in [0.2, 0.25) is 0 Å². The number of Topliss-reactive ketones (excluding diaryl/α,β-unsaturated/α-hetero) is 1. The Balaban J connectivity index is 2.24. The molecule has 1 N–H and O–H groups in total. The van der Waals surface area contributed by atoms with Gasteiger partial charge in [-0.05, 0) is 11.5 Å². The maximum absolute atomic E-state index is 11.6. The molecule has 6 heteroatoms. The van der Waals surface area contributed by atoms with Crippen LogP contribution in [0.25, 0.3) is 10.8 Å². The summed E-state index contributed by atoms with van der Waals surface area (Å²) in [4.78, 5) is 24.0. The fourth-order valence-corrected chi connectivity index (χ4v) is 1.65. The molecule has 0 bridgehead atoms. The average Bonchev–Trinajstić information content (AvgIpc) is 2.35. The predicted molar refractivity (Wildman–Crippen MR) is 61.9 cm³/mol. The number of benzene rings is 1. The van der Waals surface area contributed by atoms with Gasteiger partial charge in [0, 0.05) is 16.1 Å². The Kier molecular flexibility index (Phi) is 3.54. The second kappa shape index (κ2) is 5.10. The Bertz CT molecular complexity index is 584. The van der Waals surface area contributed by atoms with E-state index in [1.54, 1.807) is 12.3 Å². The summed E-state index contributed by atoms with van der Waals surface area (Å²) in [5.74, 6) is -0.423. The molecule has 0 amide bonds. The molecule has 0 saturated carbocycles. The number of nitrogens with zero attached hydrogens (tertiary/aromatic N) is 1. The van der Waals surface area contributed by atoms with Crippen molar-refractivity contribution in [3.63, 3.8) is 0 Å². The van der Waals surface area contributed by atoms with Gasteiger partial charge in [0.1, 0.15) is 5.69 Å². The summed E-state index contributed by atoms with van der Waals surface area (Å²) in [7, 11) is -2.76. The molecule has 17 heavy (non-hydrogen) atoms. The molecule has 0 aliphatic rings. The number of carbonyl (C=O) groups excluding carboxylic acids is 1. The van der Waals surface area contributed by atoms with E-state index in [0.29, 0.717) is 0 Å². The lowest BCUT2D eigenvalue weighted by atomic mass is 10.1. The second-order valence-corrected chi connectivity index (χ2v) is 4.09. The minimum absolute atomic E-state index is 0.223. The molecule has 0 radical (unpaired) electrons. The highest BCUT2D eigenvalue weighted by atomic mass is 31.1. The van der Waals surface area contributed by atoms with Gasteiger partial charge in [-0.3, -0.25) is 9.78 Å². The van der Waals surface area contributed by atoms with Gasteiger partial charge in [0.15, 0.2) is 6.61 Å². The first-order valence-electron chi connectivity index (χ1n) is 4.84. The van der Waals surface area contributed by atoms with Gasteiger partial charge in [-0.2, -0.15) is 0 Å². The quantitative estimate of drug-likeness (QED) is 0.664. The molecule has 2 rings (SSSR count). The van der Waals surface area contributed by atoms with Gasteiger partial charge in [-0.25, -0.2) is 0 Å². The van der Waals surface area contributed by atoms with Crippen molar-refractivity contribution < 1.29 is 18.8 Å². The van der Waals surface area contributed by atoms with Crippen molar-refractivity contribution in [2.45, 2.75) is 0 Å². The summed E-state index contributed by atoms with van der Waals surface area (Å²) in [6, 6.07) is 9.12. The standard InChI is InChI=1S/C11H8NO4P/c13-11(7-16-17(14)15)10-5-8-3-1-2-4-9(8)6-12-10/h1-6H,7H2/p+1. The van der Waals surface area contributed by atoms with Crippen molar-refractivity contribution in [3.8, 4) is 0 Å². The Morgan fingerprint density at radius 1 is 1.35 bits per heavy atom. The predicted octanol–water partition coefficient (Wildman–Crippen LogP) is 2.08. The third-order valence-electron chi connectivity index (χ3n) is 2.22. The Morgan fingerprint density at radius 3 is 2.76 bits per heavy atom. The summed E-state index contributed by atoms with van der Waals surface area (Å²) in [6.45, 7) is -0.447. The Labute approximate surface area is 98.0 Å². The lowest BCUT2D eigenvalue weighted by Crippen LogP contribution is -2.08. The number of fused-ring (bicyclic) bond motifs is 1.